The number of aromatic amines is 1. The number of alkyl halides is 3. The number of guanidine groups is 1. The van der Waals surface area contributed by atoms with Gasteiger partial charge in [0.05, 0.1) is 11.2 Å². The first-order valence-corrected chi connectivity index (χ1v) is 12.9. The van der Waals surface area contributed by atoms with E-state index < -0.39 is 29.1 Å². The van der Waals surface area contributed by atoms with Gasteiger partial charge < -0.3 is 10.1 Å². The molecular formula is C30H32F3N5O2. The summed E-state index contributed by atoms with van der Waals surface area (Å²) in [4.78, 5) is 17.6. The molecule has 3 N–H and O–H groups in total. The largest absolute Gasteiger partial charge is 0.488 e. The molecule has 1 atom stereocenters. The molecule has 7 nitrogen and oxygen atoms in total. The average Bonchev–Trinajstić information content (AvgIpc) is 3.34. The molecule has 4 rings (SSSR count). The lowest BCUT2D eigenvalue weighted by molar-refractivity contribution is -0.117. The molecule has 10 heteroatoms. The van der Waals surface area contributed by atoms with Crippen LogP contribution in [0.1, 0.15) is 39.7 Å². The van der Waals surface area contributed by atoms with Crippen LogP contribution in [0.2, 0.25) is 0 Å². The van der Waals surface area contributed by atoms with Crippen molar-refractivity contribution in [2.24, 2.45) is 10.9 Å². The van der Waals surface area contributed by atoms with Gasteiger partial charge in [-0.2, -0.15) is 18.3 Å². The van der Waals surface area contributed by atoms with E-state index in [1.807, 2.05) is 75.4 Å². The van der Waals surface area contributed by atoms with Crippen LogP contribution >= 0.6 is 0 Å². The summed E-state index contributed by atoms with van der Waals surface area (Å²) in [6, 6.07) is 19.1. The van der Waals surface area contributed by atoms with Crippen molar-refractivity contribution < 1.29 is 22.7 Å². The number of nitrogens with one attached hydrogen (secondary N) is 3. The predicted octanol–water partition coefficient (Wildman–Crippen LogP) is 6.79. The summed E-state index contributed by atoms with van der Waals surface area (Å²) in [7, 11) is 0. The number of para-hydroxylation sites is 1. The summed E-state index contributed by atoms with van der Waals surface area (Å²) in [5.41, 5.74) is 1.53. The fraction of sp³-hybridized carbons (Fsp3) is 0.300. The van der Waals surface area contributed by atoms with Crippen molar-refractivity contribution in [3.63, 3.8) is 0 Å². The minimum Gasteiger partial charge on any atom is -0.488 e. The number of rotatable bonds is 6. The summed E-state index contributed by atoms with van der Waals surface area (Å²) in [5.74, 6) is 0.0460. The van der Waals surface area contributed by atoms with E-state index in [0.717, 1.165) is 17.2 Å². The molecule has 1 amide bonds. The number of halogens is 3. The highest BCUT2D eigenvalue weighted by Crippen LogP contribution is 2.36. The van der Waals surface area contributed by atoms with Gasteiger partial charge in [-0.25, -0.2) is 4.99 Å². The number of benzene rings is 2. The second kappa shape index (κ2) is 11.8. The fourth-order valence-electron chi connectivity index (χ4n) is 4.17. The van der Waals surface area contributed by atoms with Gasteiger partial charge in [0.1, 0.15) is 12.4 Å². The Morgan fingerprint density at radius 1 is 1.07 bits per heavy atom. The summed E-state index contributed by atoms with van der Waals surface area (Å²) in [6.07, 6.45) is -2.51. The third kappa shape index (κ3) is 7.62. The Bertz CT molecular complexity index is 1430. The highest BCUT2D eigenvalue weighted by atomic mass is 19.4. The number of aliphatic imine (C=N–C) groups is 1. The van der Waals surface area contributed by atoms with Crippen molar-refractivity contribution in [2.75, 3.05) is 5.32 Å². The predicted molar refractivity (Wildman–Crippen MR) is 150 cm³/mol. The van der Waals surface area contributed by atoms with E-state index in [1.54, 1.807) is 13.0 Å². The Morgan fingerprint density at radius 3 is 2.45 bits per heavy atom. The second-order valence-corrected chi connectivity index (χ2v) is 10.6. The Kier molecular flexibility index (Phi) is 8.46. The van der Waals surface area contributed by atoms with E-state index in [-0.39, 0.29) is 18.0 Å². The van der Waals surface area contributed by atoms with E-state index in [1.165, 1.54) is 6.08 Å². The number of hydrogen-bond acceptors (Lipinski definition) is 4. The number of carbonyl (C=O) groups is 1. The molecule has 1 unspecified atom stereocenters. The van der Waals surface area contributed by atoms with Crippen molar-refractivity contribution in [3.8, 4) is 17.0 Å². The minimum atomic E-state index is -4.42. The monoisotopic (exact) mass is 551 g/mol. The van der Waals surface area contributed by atoms with Gasteiger partial charge in [0.2, 0.25) is 5.96 Å². The first-order chi connectivity index (χ1) is 18.9. The minimum absolute atomic E-state index is 0.128. The first-order valence-electron chi connectivity index (χ1n) is 12.9. The fourth-order valence-corrected chi connectivity index (χ4v) is 4.17. The maximum absolute atomic E-state index is 13.1. The van der Waals surface area contributed by atoms with Gasteiger partial charge in [-0.05, 0) is 50.8 Å². The SMILES string of the molecule is CC1CC(C(F)(F)F)=CC=C1C(=O)NC(=NC(C)(C)C)Nc1cc(-c2ccccc2OCc2ccccc2)[nH]n1. The molecule has 210 valence electrons. The number of nitrogens with zero attached hydrogens (tertiary/aromatic N) is 2. The van der Waals surface area contributed by atoms with E-state index in [9.17, 15) is 18.0 Å². The van der Waals surface area contributed by atoms with E-state index in [0.29, 0.717) is 23.9 Å². The molecule has 0 aliphatic heterocycles. The zero-order valence-corrected chi connectivity index (χ0v) is 22.8. The molecule has 1 aliphatic carbocycles. The van der Waals surface area contributed by atoms with Gasteiger partial charge in [0.25, 0.3) is 5.91 Å². The van der Waals surface area contributed by atoms with Crippen LogP contribution in [0.4, 0.5) is 19.0 Å². The molecule has 3 aromatic rings. The highest BCUT2D eigenvalue weighted by Gasteiger charge is 2.37. The molecule has 0 fully saturated rings. The van der Waals surface area contributed by atoms with Gasteiger partial charge in [-0.15, -0.1) is 0 Å². The summed E-state index contributed by atoms with van der Waals surface area (Å²) in [6.45, 7) is 7.57. The molecule has 1 aromatic heterocycles. The maximum Gasteiger partial charge on any atom is 0.412 e. The van der Waals surface area contributed by atoms with Crippen LogP contribution in [0.5, 0.6) is 5.75 Å². The number of anilines is 1. The molecule has 0 radical (unpaired) electrons. The second-order valence-electron chi connectivity index (χ2n) is 10.6. The lowest BCUT2D eigenvalue weighted by Crippen LogP contribution is -2.40. The number of H-pyrrole nitrogens is 1. The van der Waals surface area contributed by atoms with Gasteiger partial charge in [0, 0.05) is 22.8 Å². The standard InChI is InChI=1S/C30H32F3N5O2/c1-19-16-21(30(31,32)33)14-15-22(19)27(39)35-28(36-29(2,3)4)34-26-17-24(37-38-26)23-12-8-9-13-25(23)40-18-20-10-6-5-7-11-20/h5-15,17,19H,16,18H2,1-4H3,(H3,34,35,36,37,38,39). The van der Waals surface area contributed by atoms with E-state index in [2.05, 4.69) is 25.8 Å². The third-order valence-corrected chi connectivity index (χ3v) is 6.07. The van der Waals surface area contributed by atoms with Crippen molar-refractivity contribution in [1.82, 2.24) is 15.5 Å². The van der Waals surface area contributed by atoms with Crippen molar-refractivity contribution in [1.29, 1.82) is 0 Å². The molecule has 1 heterocycles. The molecule has 0 saturated carbocycles. The van der Waals surface area contributed by atoms with Crippen LogP contribution in [0.3, 0.4) is 0 Å². The molecular weight excluding hydrogens is 519 g/mol. The molecule has 0 saturated heterocycles. The Morgan fingerprint density at radius 2 is 1.77 bits per heavy atom. The number of ether oxygens (including phenoxy) is 1. The molecule has 0 bridgehead atoms. The highest BCUT2D eigenvalue weighted by molar-refractivity contribution is 6.10. The van der Waals surface area contributed by atoms with Crippen LogP contribution in [-0.4, -0.2) is 33.8 Å². The number of allylic oxidation sites excluding steroid dienone is 3. The van der Waals surface area contributed by atoms with Crippen molar-refractivity contribution in [2.45, 2.75) is 52.4 Å². The maximum atomic E-state index is 13.1. The smallest absolute Gasteiger partial charge is 0.412 e. The van der Waals surface area contributed by atoms with Crippen molar-refractivity contribution >= 4 is 17.7 Å². The van der Waals surface area contributed by atoms with Crippen LogP contribution in [0.25, 0.3) is 11.3 Å². The van der Waals surface area contributed by atoms with Crippen LogP contribution in [0.15, 0.2) is 89.0 Å². The lowest BCUT2D eigenvalue weighted by Gasteiger charge is -2.23. The Hall–Kier alpha value is -4.34. The normalized spacial score (nSPS) is 16.2. The van der Waals surface area contributed by atoms with Crippen LogP contribution in [-0.2, 0) is 11.4 Å². The quantitative estimate of drug-likeness (QED) is 0.232. The molecule has 2 aromatic carbocycles. The van der Waals surface area contributed by atoms with Crippen molar-refractivity contribution in [3.05, 3.63) is 89.5 Å². The number of hydrogen-bond donors (Lipinski definition) is 3. The number of aromatic nitrogens is 2. The topological polar surface area (TPSA) is 91.4 Å². The summed E-state index contributed by atoms with van der Waals surface area (Å²) < 4.78 is 45.4. The van der Waals surface area contributed by atoms with Crippen LogP contribution in [0, 0.1) is 5.92 Å². The number of amides is 1. The Labute approximate surface area is 231 Å². The van der Waals surface area contributed by atoms with E-state index >= 15 is 0 Å². The number of carbonyl (C=O) groups excluding carboxylic acids is 1. The van der Waals surface area contributed by atoms with Gasteiger partial charge in [-0.3, -0.25) is 15.2 Å². The molecule has 1 aliphatic rings. The summed E-state index contributed by atoms with van der Waals surface area (Å²) in [5, 5.41) is 13.1. The Balaban J connectivity index is 1.51. The van der Waals surface area contributed by atoms with Crippen LogP contribution < -0.4 is 15.4 Å². The third-order valence-electron chi connectivity index (χ3n) is 6.07. The molecule has 40 heavy (non-hydrogen) atoms. The first kappa shape index (κ1) is 28.7. The van der Waals surface area contributed by atoms with Gasteiger partial charge >= 0.3 is 6.18 Å². The lowest BCUT2D eigenvalue weighted by atomic mass is 9.87. The zero-order chi connectivity index (χ0) is 28.9. The molecule has 0 spiro atoms. The van der Waals surface area contributed by atoms with Gasteiger partial charge in [0.15, 0.2) is 5.82 Å². The van der Waals surface area contributed by atoms with E-state index in [4.69, 9.17) is 4.74 Å². The average molecular weight is 552 g/mol. The van der Waals surface area contributed by atoms with Gasteiger partial charge in [-0.1, -0.05) is 61.5 Å². The zero-order valence-electron chi connectivity index (χ0n) is 22.8. The summed E-state index contributed by atoms with van der Waals surface area (Å²) >= 11 is 0.